The molecule has 3 nitrogen and oxygen atoms in total. The first-order valence-corrected chi connectivity index (χ1v) is 8.09. The van der Waals surface area contributed by atoms with Gasteiger partial charge in [-0.3, -0.25) is 0 Å². The zero-order valence-corrected chi connectivity index (χ0v) is 13.4. The average Bonchev–Trinajstić information content (AvgIpc) is 3.09. The van der Waals surface area contributed by atoms with Gasteiger partial charge in [0.05, 0.1) is 25.3 Å². The average molecular weight is 311 g/mol. The summed E-state index contributed by atoms with van der Waals surface area (Å²) in [6, 6.07) is 3.53. The van der Waals surface area contributed by atoms with Crippen molar-refractivity contribution >= 4 is 11.6 Å². The molecule has 4 heteroatoms. The Bertz CT molecular complexity index is 517. The molecular weight excluding hydrogens is 288 g/mol. The van der Waals surface area contributed by atoms with Crippen molar-refractivity contribution in [1.82, 2.24) is 0 Å². The van der Waals surface area contributed by atoms with Crippen molar-refractivity contribution in [2.75, 3.05) is 14.2 Å². The Balaban J connectivity index is 1.76. The van der Waals surface area contributed by atoms with Crippen molar-refractivity contribution < 1.29 is 14.6 Å². The van der Waals surface area contributed by atoms with Gasteiger partial charge in [-0.2, -0.15) is 0 Å². The first kappa shape index (κ1) is 15.0. The van der Waals surface area contributed by atoms with Crippen LogP contribution in [0.5, 0.6) is 11.5 Å². The largest absolute Gasteiger partial charge is 0.493 e. The summed E-state index contributed by atoms with van der Waals surface area (Å²) >= 11 is 6.30. The SMILES string of the molecule is COc1cc(Cl)c(C(O)CC2CC3CCC2C3)cc1OC. The van der Waals surface area contributed by atoms with Crippen LogP contribution in [-0.4, -0.2) is 19.3 Å². The number of aliphatic hydroxyl groups excluding tert-OH is 1. The van der Waals surface area contributed by atoms with Gasteiger partial charge in [-0.15, -0.1) is 0 Å². The Morgan fingerprint density at radius 1 is 1.19 bits per heavy atom. The molecule has 1 aromatic carbocycles. The number of halogens is 1. The molecule has 3 rings (SSSR count). The molecule has 0 amide bonds. The summed E-state index contributed by atoms with van der Waals surface area (Å²) in [6.45, 7) is 0. The molecule has 0 spiro atoms. The number of methoxy groups -OCH3 is 2. The second-order valence-electron chi connectivity index (χ2n) is 6.42. The zero-order valence-electron chi connectivity index (χ0n) is 12.6. The van der Waals surface area contributed by atoms with Crippen molar-refractivity contribution in [3.8, 4) is 11.5 Å². The van der Waals surface area contributed by atoms with Crippen LogP contribution in [0, 0.1) is 17.8 Å². The maximum Gasteiger partial charge on any atom is 0.162 e. The number of benzene rings is 1. The number of ether oxygens (including phenoxy) is 2. The van der Waals surface area contributed by atoms with E-state index in [-0.39, 0.29) is 0 Å². The van der Waals surface area contributed by atoms with Crippen LogP contribution in [-0.2, 0) is 0 Å². The van der Waals surface area contributed by atoms with Gasteiger partial charge in [-0.1, -0.05) is 18.0 Å². The quantitative estimate of drug-likeness (QED) is 0.885. The van der Waals surface area contributed by atoms with Gasteiger partial charge >= 0.3 is 0 Å². The highest BCUT2D eigenvalue weighted by Crippen LogP contribution is 2.51. The number of hydrogen-bond donors (Lipinski definition) is 1. The maximum atomic E-state index is 10.6. The molecule has 0 heterocycles. The van der Waals surface area contributed by atoms with Crippen LogP contribution in [0.1, 0.15) is 43.8 Å². The molecule has 2 aliphatic carbocycles. The number of fused-ring (bicyclic) bond motifs is 2. The third-order valence-electron chi connectivity index (χ3n) is 5.27. The second-order valence-corrected chi connectivity index (χ2v) is 6.82. The lowest BCUT2D eigenvalue weighted by Gasteiger charge is -2.25. The lowest BCUT2D eigenvalue weighted by molar-refractivity contribution is 0.125. The van der Waals surface area contributed by atoms with Crippen LogP contribution >= 0.6 is 11.6 Å². The van der Waals surface area contributed by atoms with E-state index in [4.69, 9.17) is 21.1 Å². The second kappa shape index (κ2) is 6.05. The van der Waals surface area contributed by atoms with E-state index in [1.54, 1.807) is 26.4 Å². The van der Waals surface area contributed by atoms with Crippen molar-refractivity contribution in [3.63, 3.8) is 0 Å². The van der Waals surface area contributed by atoms with E-state index < -0.39 is 6.10 Å². The number of hydrogen-bond acceptors (Lipinski definition) is 3. The molecule has 1 N–H and O–H groups in total. The molecule has 2 fully saturated rings. The van der Waals surface area contributed by atoms with Gasteiger partial charge in [0.1, 0.15) is 0 Å². The predicted molar refractivity (Wildman–Crippen MR) is 83.1 cm³/mol. The zero-order chi connectivity index (χ0) is 15.0. The van der Waals surface area contributed by atoms with Crippen LogP contribution < -0.4 is 9.47 Å². The highest BCUT2D eigenvalue weighted by atomic mass is 35.5. The normalized spacial score (nSPS) is 28.7. The summed E-state index contributed by atoms with van der Waals surface area (Å²) in [6.07, 6.45) is 5.62. The Morgan fingerprint density at radius 3 is 2.48 bits per heavy atom. The Morgan fingerprint density at radius 2 is 1.90 bits per heavy atom. The molecule has 21 heavy (non-hydrogen) atoms. The third-order valence-corrected chi connectivity index (χ3v) is 5.60. The van der Waals surface area contributed by atoms with Crippen LogP contribution in [0.4, 0.5) is 0 Å². The van der Waals surface area contributed by atoms with Crippen LogP contribution in [0.25, 0.3) is 0 Å². The minimum absolute atomic E-state index is 0.526. The third kappa shape index (κ3) is 2.86. The monoisotopic (exact) mass is 310 g/mol. The highest BCUT2D eigenvalue weighted by molar-refractivity contribution is 6.31. The molecule has 4 unspecified atom stereocenters. The van der Waals surface area contributed by atoms with Crippen molar-refractivity contribution in [2.45, 2.75) is 38.2 Å². The van der Waals surface area contributed by atoms with Crippen molar-refractivity contribution in [3.05, 3.63) is 22.7 Å². The molecule has 4 atom stereocenters. The van der Waals surface area contributed by atoms with E-state index >= 15 is 0 Å². The molecule has 2 aliphatic rings. The lowest BCUT2D eigenvalue weighted by Crippen LogP contribution is -2.14. The summed E-state index contributed by atoms with van der Waals surface area (Å²) < 4.78 is 10.5. The Kier molecular flexibility index (Phi) is 4.32. The van der Waals surface area contributed by atoms with Gasteiger partial charge in [0.25, 0.3) is 0 Å². The Labute approximate surface area is 131 Å². The summed E-state index contributed by atoms with van der Waals surface area (Å²) in [5.74, 6) is 3.56. The minimum Gasteiger partial charge on any atom is -0.493 e. The van der Waals surface area contributed by atoms with Crippen molar-refractivity contribution in [2.24, 2.45) is 17.8 Å². The highest BCUT2D eigenvalue weighted by Gasteiger charge is 2.40. The topological polar surface area (TPSA) is 38.7 Å². The fourth-order valence-electron chi connectivity index (χ4n) is 4.20. The van der Waals surface area contributed by atoms with Crippen LogP contribution in [0.2, 0.25) is 5.02 Å². The van der Waals surface area contributed by atoms with Gasteiger partial charge in [-0.25, -0.2) is 0 Å². The maximum absolute atomic E-state index is 10.6. The molecule has 0 aliphatic heterocycles. The predicted octanol–water partition coefficient (Wildman–Crippen LogP) is 4.22. The fourth-order valence-corrected chi connectivity index (χ4v) is 4.48. The van der Waals surface area contributed by atoms with Crippen molar-refractivity contribution in [1.29, 1.82) is 0 Å². The lowest BCUT2D eigenvalue weighted by atomic mass is 9.83. The van der Waals surface area contributed by atoms with E-state index in [0.29, 0.717) is 22.4 Å². The molecule has 0 radical (unpaired) electrons. The summed E-state index contributed by atoms with van der Waals surface area (Å²) in [5.41, 5.74) is 0.747. The molecule has 2 saturated carbocycles. The van der Waals surface area contributed by atoms with E-state index in [9.17, 15) is 5.11 Å². The first-order chi connectivity index (χ1) is 10.1. The molecule has 1 aromatic rings. The van der Waals surface area contributed by atoms with Gasteiger partial charge < -0.3 is 14.6 Å². The summed E-state index contributed by atoms with van der Waals surface area (Å²) in [4.78, 5) is 0. The molecule has 0 aromatic heterocycles. The molecule has 2 bridgehead atoms. The molecular formula is C17H23ClO3. The molecule has 116 valence electrons. The van der Waals surface area contributed by atoms with Gasteiger partial charge in [0.15, 0.2) is 11.5 Å². The van der Waals surface area contributed by atoms with Gasteiger partial charge in [-0.05, 0) is 49.5 Å². The number of aliphatic hydroxyl groups is 1. The summed E-state index contributed by atoms with van der Waals surface area (Å²) in [7, 11) is 3.18. The van der Waals surface area contributed by atoms with E-state index in [2.05, 4.69) is 0 Å². The van der Waals surface area contributed by atoms with E-state index in [1.165, 1.54) is 25.7 Å². The van der Waals surface area contributed by atoms with Gasteiger partial charge in [0.2, 0.25) is 0 Å². The fraction of sp³-hybridized carbons (Fsp3) is 0.647. The standard InChI is InChI=1S/C17H23ClO3/c1-20-16-8-13(14(18)9-17(16)21-2)15(19)7-12-6-10-3-4-11(12)5-10/h8-12,15,19H,3-7H2,1-2H3. The minimum atomic E-state index is -0.526. The summed E-state index contributed by atoms with van der Waals surface area (Å²) in [5, 5.41) is 11.1. The smallest absolute Gasteiger partial charge is 0.162 e. The van der Waals surface area contributed by atoms with Crippen LogP contribution in [0.15, 0.2) is 12.1 Å². The van der Waals surface area contributed by atoms with E-state index in [1.807, 2.05) is 0 Å². The first-order valence-electron chi connectivity index (χ1n) is 7.71. The Hall–Kier alpha value is -0.930. The molecule has 0 saturated heterocycles. The van der Waals surface area contributed by atoms with Gasteiger partial charge in [0, 0.05) is 11.6 Å². The van der Waals surface area contributed by atoms with E-state index in [0.717, 1.165) is 23.8 Å². The van der Waals surface area contributed by atoms with Crippen LogP contribution in [0.3, 0.4) is 0 Å². The number of rotatable bonds is 5.